The summed E-state index contributed by atoms with van der Waals surface area (Å²) in [5.41, 5.74) is 3.76. The SMILES string of the molecule is CC(C)[Si]1(C(C)C)OC[C@H]2O[C@@H](n3cnc4c(Cl)nc(N)nc43)[C@](C)(F)[C@@H]2O[Si](C(C)C)(C(C)C)O1.CCCCCOC(=O)Nc1nc(Cl)c2ncn([C@@H]3O[C@@H]4CO[Si](C(C)C)(C(C)C)O[Si](C(C)C)(C(C)C)O[C@H]4[C@@]3(C)F)c2n1. The highest BCUT2D eigenvalue weighted by Crippen LogP contribution is 2.54. The first-order valence-electron chi connectivity index (χ1n) is 28.5. The molecule has 20 nitrogen and oxygen atoms in total. The van der Waals surface area contributed by atoms with Crippen LogP contribution in [0.25, 0.3) is 22.3 Å². The number of nitrogen functional groups attached to an aromatic ring is 1. The minimum Gasteiger partial charge on any atom is -0.449 e. The molecule has 8 atom stereocenters. The molecule has 4 aliphatic rings. The van der Waals surface area contributed by atoms with Crippen molar-refractivity contribution in [1.82, 2.24) is 39.0 Å². The van der Waals surface area contributed by atoms with Gasteiger partial charge in [0.05, 0.1) is 32.5 Å². The summed E-state index contributed by atoms with van der Waals surface area (Å²) in [6.07, 6.45) is -0.605. The fourth-order valence-corrected chi connectivity index (χ4v) is 35.1. The Morgan fingerprint density at radius 2 is 1.04 bits per heavy atom. The number of fused-ring (bicyclic) bond motifs is 4. The second-order valence-electron chi connectivity index (χ2n) is 24.7. The normalized spacial score (nSPS) is 28.4. The Hall–Kier alpha value is -2.84. The number of nitrogens with two attached hydrogens (primary N) is 1. The van der Waals surface area contributed by atoms with Gasteiger partial charge in [-0.2, -0.15) is 19.9 Å². The van der Waals surface area contributed by atoms with Crippen LogP contribution in [0.3, 0.4) is 0 Å². The predicted molar refractivity (Wildman–Crippen MR) is 314 cm³/mol. The Balaban J connectivity index is 0.000000236. The van der Waals surface area contributed by atoms with Gasteiger partial charge in [0.25, 0.3) is 0 Å². The lowest BCUT2D eigenvalue weighted by atomic mass is 9.98. The number of hydrogen-bond donors (Lipinski definition) is 2. The maximum Gasteiger partial charge on any atom is 0.414 e. The van der Waals surface area contributed by atoms with Crippen molar-refractivity contribution in [2.24, 2.45) is 0 Å². The number of nitrogens with zero attached hydrogens (tertiary/aromatic N) is 8. The molecular formula is C52H88Cl2F2N10O10Si4. The molecule has 0 bridgehead atoms. The number of carbonyl (C=O) groups excluding carboxylic acids is 1. The maximum atomic E-state index is 17.3. The molecule has 4 aromatic rings. The van der Waals surface area contributed by atoms with Gasteiger partial charge < -0.3 is 45.9 Å². The summed E-state index contributed by atoms with van der Waals surface area (Å²) in [6.45, 7) is 39.5. The van der Waals surface area contributed by atoms with E-state index in [0.29, 0.717) is 11.2 Å². The number of ether oxygens (including phenoxy) is 3. The van der Waals surface area contributed by atoms with Crippen LogP contribution in [0.4, 0.5) is 25.5 Å². The molecule has 0 unspecified atom stereocenters. The summed E-state index contributed by atoms with van der Waals surface area (Å²) < 4.78 is 97.2. The predicted octanol–water partition coefficient (Wildman–Crippen LogP) is 13.4. The molecule has 4 fully saturated rings. The number of anilines is 2. The molecule has 8 heterocycles. The number of hydrogen-bond acceptors (Lipinski definition) is 17. The molecule has 80 heavy (non-hydrogen) atoms. The van der Waals surface area contributed by atoms with E-state index in [4.69, 9.17) is 69.1 Å². The van der Waals surface area contributed by atoms with Gasteiger partial charge in [-0.25, -0.2) is 23.5 Å². The summed E-state index contributed by atoms with van der Waals surface area (Å²) in [6, 6.07) is 0. The minimum absolute atomic E-state index is 0.00304. The number of unbranched alkanes of at least 4 members (excludes halogenated alkanes) is 2. The lowest BCUT2D eigenvalue weighted by molar-refractivity contribution is -0.0594. The molecule has 450 valence electrons. The van der Waals surface area contributed by atoms with Crippen molar-refractivity contribution in [3.63, 3.8) is 0 Å². The van der Waals surface area contributed by atoms with Crippen molar-refractivity contribution >= 4 is 97.8 Å². The van der Waals surface area contributed by atoms with Gasteiger partial charge in [-0.1, -0.05) is 154 Å². The summed E-state index contributed by atoms with van der Waals surface area (Å²) in [7, 11) is -11.7. The van der Waals surface area contributed by atoms with E-state index in [1.165, 1.54) is 35.6 Å². The number of nitrogens with one attached hydrogen (secondary N) is 1. The van der Waals surface area contributed by atoms with Gasteiger partial charge in [0, 0.05) is 0 Å². The topological polar surface area (TPSA) is 225 Å². The quantitative estimate of drug-likeness (QED) is 0.0641. The highest BCUT2D eigenvalue weighted by atomic mass is 35.5. The lowest BCUT2D eigenvalue weighted by Gasteiger charge is -2.51. The highest BCUT2D eigenvalue weighted by Gasteiger charge is 2.67. The molecule has 0 aromatic carbocycles. The molecule has 0 saturated carbocycles. The minimum atomic E-state index is -3.09. The van der Waals surface area contributed by atoms with Gasteiger partial charge in [0.1, 0.15) is 35.4 Å². The average Bonchev–Trinajstić information content (AvgIpc) is 4.17. The molecule has 0 radical (unpaired) electrons. The van der Waals surface area contributed by atoms with E-state index in [2.05, 4.69) is 153 Å². The largest absolute Gasteiger partial charge is 0.449 e. The Morgan fingerprint density at radius 3 is 1.43 bits per heavy atom. The van der Waals surface area contributed by atoms with Gasteiger partial charge in [0.15, 0.2) is 45.4 Å². The fraction of sp³-hybridized carbons (Fsp3) is 0.788. The molecule has 3 N–H and O–H groups in total. The van der Waals surface area contributed by atoms with E-state index < -0.39 is 88.5 Å². The van der Waals surface area contributed by atoms with Crippen LogP contribution in [-0.4, -0.2) is 135 Å². The highest BCUT2D eigenvalue weighted by molar-refractivity contribution is 6.84. The molecule has 4 saturated heterocycles. The van der Waals surface area contributed by atoms with Gasteiger partial charge in [0.2, 0.25) is 11.9 Å². The fourth-order valence-electron chi connectivity index (χ4n) is 12.1. The maximum absolute atomic E-state index is 17.3. The summed E-state index contributed by atoms with van der Waals surface area (Å²) in [5, 5.41) is 2.62. The molecule has 8 rings (SSSR count). The van der Waals surface area contributed by atoms with Crippen LogP contribution in [0.15, 0.2) is 12.7 Å². The Kier molecular flexibility index (Phi) is 19.9. The van der Waals surface area contributed by atoms with Gasteiger partial charge >= 0.3 is 40.3 Å². The van der Waals surface area contributed by atoms with E-state index in [1.807, 2.05) is 0 Å². The first-order chi connectivity index (χ1) is 37.3. The lowest BCUT2D eigenvalue weighted by Crippen LogP contribution is -2.66. The number of carbonyl (C=O) groups is 1. The van der Waals surface area contributed by atoms with E-state index >= 15 is 8.78 Å². The zero-order valence-electron chi connectivity index (χ0n) is 50.2. The third-order valence-corrected chi connectivity index (χ3v) is 37.5. The Bertz CT molecular complexity index is 2760. The van der Waals surface area contributed by atoms with Crippen LogP contribution >= 0.6 is 23.2 Å². The van der Waals surface area contributed by atoms with Crippen molar-refractivity contribution in [2.45, 2.75) is 243 Å². The van der Waals surface area contributed by atoms with E-state index in [9.17, 15) is 4.79 Å². The number of alkyl halides is 2. The number of aromatic nitrogens is 8. The number of rotatable bonds is 15. The first kappa shape index (κ1) is 64.7. The average molecular weight is 1230 g/mol. The molecule has 4 aliphatic heterocycles. The molecule has 4 aromatic heterocycles. The molecule has 1 amide bonds. The van der Waals surface area contributed by atoms with Crippen LogP contribution in [0.2, 0.25) is 54.6 Å². The van der Waals surface area contributed by atoms with Crippen molar-refractivity contribution < 1.29 is 53.7 Å². The molecule has 0 aliphatic carbocycles. The molecule has 28 heteroatoms. The second-order valence-corrected chi connectivity index (χ2v) is 43.1. The van der Waals surface area contributed by atoms with Crippen molar-refractivity contribution in [3.05, 3.63) is 23.0 Å². The van der Waals surface area contributed by atoms with Crippen LogP contribution in [0.1, 0.15) is 163 Å². The van der Waals surface area contributed by atoms with Crippen molar-refractivity contribution in [1.29, 1.82) is 0 Å². The molecule has 0 spiro atoms. The van der Waals surface area contributed by atoms with Crippen LogP contribution < -0.4 is 11.1 Å². The monoisotopic (exact) mass is 1230 g/mol. The standard InChI is InChI=1S/C29H49ClFN5O6Si2.C23H39ClFN5O4Si2/c1-11-12-13-14-38-28(37)35-27-33-24(30)22-25(34-27)36(16-32-22)26-29(10,31)23-21(40-26)15-39-43(17(2)3,18(4)5)42-44(41-23,19(6)7)20(8)9;1-12(2)35(13(3)4)31-10-16-18(33-36(34-35,14(5)6)15(7)8)23(9,25)21(32-16)30-11-27-17-19(24)28-22(26)29-20(17)30/h16-21,23,26H,11-15H2,1-10H3,(H,33,34,35,37);11-16,18,21H,10H2,1-9H3,(H2,26,28,29)/t21-,23-,26-,29-;16-,18-,21-,23-/m11/s1. The van der Waals surface area contributed by atoms with Crippen LogP contribution in [0.5, 0.6) is 0 Å². The van der Waals surface area contributed by atoms with Gasteiger partial charge in [-0.3, -0.25) is 14.5 Å². The second kappa shape index (κ2) is 24.6. The summed E-state index contributed by atoms with van der Waals surface area (Å²) in [4.78, 5) is 37.9. The zero-order valence-corrected chi connectivity index (χ0v) is 55.7. The van der Waals surface area contributed by atoms with Crippen LogP contribution in [-0.2, 0) is 40.1 Å². The Morgan fingerprint density at radius 1 is 0.650 bits per heavy atom. The third kappa shape index (κ3) is 11.8. The summed E-state index contributed by atoms with van der Waals surface area (Å²) in [5.74, 6) is -0.111. The van der Waals surface area contributed by atoms with E-state index in [0.717, 1.165) is 19.3 Å². The van der Waals surface area contributed by atoms with E-state index in [1.54, 1.807) is 0 Å². The summed E-state index contributed by atoms with van der Waals surface area (Å²) >= 11 is 12.7. The number of halogens is 4. The van der Waals surface area contributed by atoms with E-state index in [-0.39, 0.29) is 97.5 Å². The Labute approximate surface area is 485 Å². The number of amides is 1. The van der Waals surface area contributed by atoms with Gasteiger partial charge in [-0.15, -0.1) is 0 Å². The zero-order chi connectivity index (χ0) is 59.4. The van der Waals surface area contributed by atoms with Crippen molar-refractivity contribution in [2.75, 3.05) is 30.9 Å². The van der Waals surface area contributed by atoms with Gasteiger partial charge in [-0.05, 0) is 64.6 Å². The number of imidazole rings is 2. The molecular weight excluding hydrogens is 1150 g/mol. The van der Waals surface area contributed by atoms with Crippen molar-refractivity contribution in [3.8, 4) is 0 Å². The smallest absolute Gasteiger partial charge is 0.414 e. The first-order valence-corrected chi connectivity index (χ1v) is 37.1. The van der Waals surface area contributed by atoms with Crippen LogP contribution in [0, 0.1) is 0 Å². The third-order valence-electron chi connectivity index (χ3n) is 16.5.